The highest BCUT2D eigenvalue weighted by Crippen LogP contribution is 2.15. The van der Waals surface area contributed by atoms with Gasteiger partial charge in [0.2, 0.25) is 0 Å². The fourth-order valence-electron chi connectivity index (χ4n) is 2.31. The van der Waals surface area contributed by atoms with Crippen molar-refractivity contribution in [2.24, 2.45) is 0 Å². The van der Waals surface area contributed by atoms with E-state index in [9.17, 15) is 9.59 Å². The second kappa shape index (κ2) is 7.81. The van der Waals surface area contributed by atoms with Crippen LogP contribution in [-0.2, 0) is 19.6 Å². The molecule has 7 heteroatoms. The summed E-state index contributed by atoms with van der Waals surface area (Å²) in [5.74, 6) is -0.136. The number of nitrogens with zero attached hydrogens (tertiary/aromatic N) is 2. The van der Waals surface area contributed by atoms with E-state index in [1.807, 2.05) is 48.5 Å². The molecule has 0 atom stereocenters. The fourth-order valence-corrected chi connectivity index (χ4v) is 2.55. The van der Waals surface area contributed by atoms with Gasteiger partial charge in [-0.05, 0) is 23.6 Å². The Morgan fingerprint density at radius 3 is 2.52 bits per heavy atom. The molecule has 3 aromatic rings. The lowest BCUT2D eigenvalue weighted by molar-refractivity contribution is 0.275. The van der Waals surface area contributed by atoms with E-state index in [0.717, 1.165) is 11.1 Å². The number of ether oxygens (including phenoxy) is 1. The number of halogens is 1. The summed E-state index contributed by atoms with van der Waals surface area (Å²) < 4.78 is 6.63. The van der Waals surface area contributed by atoms with Gasteiger partial charge in [0.15, 0.2) is 0 Å². The SMILES string of the molecule is O=c1[nH]c(=O)n(CCc2ccccc2Cl)nc1OCc1ccccc1. The van der Waals surface area contributed by atoms with E-state index in [1.165, 1.54) is 4.68 Å². The number of aryl methyl sites for hydroxylation is 2. The van der Waals surface area contributed by atoms with E-state index in [4.69, 9.17) is 16.3 Å². The zero-order valence-corrected chi connectivity index (χ0v) is 14.1. The van der Waals surface area contributed by atoms with Crippen LogP contribution in [0.5, 0.6) is 5.88 Å². The van der Waals surface area contributed by atoms with Crippen LogP contribution in [0.2, 0.25) is 5.02 Å². The number of H-pyrrole nitrogens is 1. The van der Waals surface area contributed by atoms with Crippen LogP contribution >= 0.6 is 11.6 Å². The van der Waals surface area contributed by atoms with Crippen LogP contribution in [0.3, 0.4) is 0 Å². The van der Waals surface area contributed by atoms with Gasteiger partial charge < -0.3 is 4.74 Å². The highest BCUT2D eigenvalue weighted by atomic mass is 35.5. The zero-order valence-electron chi connectivity index (χ0n) is 13.3. The molecule has 0 aliphatic heterocycles. The molecular formula is C18H16ClN3O3. The van der Waals surface area contributed by atoms with Crippen LogP contribution in [0.4, 0.5) is 0 Å². The number of aromatic nitrogens is 3. The lowest BCUT2D eigenvalue weighted by Gasteiger charge is -2.08. The molecule has 128 valence electrons. The Labute approximate surface area is 148 Å². The molecule has 0 fully saturated rings. The Kier molecular flexibility index (Phi) is 5.30. The van der Waals surface area contributed by atoms with Crippen molar-refractivity contribution in [2.45, 2.75) is 19.6 Å². The standard InChI is InChI=1S/C18H16ClN3O3/c19-15-9-5-4-8-14(15)10-11-22-18(24)20-16(23)17(21-22)25-12-13-6-2-1-3-7-13/h1-9H,10-12H2,(H,20,23,24). The third-order valence-corrected chi connectivity index (χ3v) is 4.00. The van der Waals surface area contributed by atoms with Crippen molar-refractivity contribution in [2.75, 3.05) is 0 Å². The molecule has 0 radical (unpaired) electrons. The molecule has 25 heavy (non-hydrogen) atoms. The predicted octanol–water partition coefficient (Wildman–Crippen LogP) is 2.41. The molecule has 0 aliphatic carbocycles. The number of hydrogen-bond donors (Lipinski definition) is 1. The second-order valence-electron chi connectivity index (χ2n) is 5.40. The Morgan fingerprint density at radius 2 is 1.76 bits per heavy atom. The lowest BCUT2D eigenvalue weighted by Crippen LogP contribution is -2.33. The van der Waals surface area contributed by atoms with Gasteiger partial charge in [0.1, 0.15) is 6.61 Å². The van der Waals surface area contributed by atoms with Crippen molar-refractivity contribution in [3.8, 4) is 5.88 Å². The molecule has 0 amide bonds. The Balaban J connectivity index is 1.75. The van der Waals surface area contributed by atoms with Crippen LogP contribution in [0.15, 0.2) is 64.2 Å². The van der Waals surface area contributed by atoms with Crippen LogP contribution in [0, 0.1) is 0 Å². The van der Waals surface area contributed by atoms with Gasteiger partial charge in [0.05, 0.1) is 6.54 Å². The van der Waals surface area contributed by atoms with E-state index >= 15 is 0 Å². The summed E-state index contributed by atoms with van der Waals surface area (Å²) >= 11 is 6.11. The third kappa shape index (κ3) is 4.36. The van der Waals surface area contributed by atoms with Gasteiger partial charge in [-0.1, -0.05) is 60.1 Å². The number of rotatable bonds is 6. The van der Waals surface area contributed by atoms with E-state index in [2.05, 4.69) is 10.1 Å². The first kappa shape index (κ1) is 17.0. The predicted molar refractivity (Wildman–Crippen MR) is 95.0 cm³/mol. The number of benzene rings is 2. The van der Waals surface area contributed by atoms with Crippen molar-refractivity contribution in [3.63, 3.8) is 0 Å². The minimum atomic E-state index is -0.644. The summed E-state index contributed by atoms with van der Waals surface area (Å²) in [4.78, 5) is 26.0. The fraction of sp³-hybridized carbons (Fsp3) is 0.167. The molecule has 1 heterocycles. The summed E-state index contributed by atoms with van der Waals surface area (Å²) in [5.41, 5.74) is 0.576. The average Bonchev–Trinajstić information content (AvgIpc) is 2.62. The van der Waals surface area contributed by atoms with Crippen molar-refractivity contribution in [1.29, 1.82) is 0 Å². The van der Waals surface area contributed by atoms with E-state index in [-0.39, 0.29) is 19.0 Å². The van der Waals surface area contributed by atoms with E-state index in [0.29, 0.717) is 11.4 Å². The molecule has 1 N–H and O–H groups in total. The lowest BCUT2D eigenvalue weighted by atomic mass is 10.1. The molecular weight excluding hydrogens is 342 g/mol. The minimum Gasteiger partial charge on any atom is -0.468 e. The average molecular weight is 358 g/mol. The quantitative estimate of drug-likeness (QED) is 0.735. The molecule has 0 saturated carbocycles. The monoisotopic (exact) mass is 357 g/mol. The van der Waals surface area contributed by atoms with Gasteiger partial charge in [-0.2, -0.15) is 0 Å². The highest BCUT2D eigenvalue weighted by Gasteiger charge is 2.09. The summed E-state index contributed by atoms with van der Waals surface area (Å²) in [6.07, 6.45) is 0.511. The first-order valence-corrected chi connectivity index (χ1v) is 8.13. The zero-order chi connectivity index (χ0) is 17.6. The molecule has 6 nitrogen and oxygen atoms in total. The van der Waals surface area contributed by atoms with Crippen molar-refractivity contribution in [1.82, 2.24) is 14.8 Å². The number of hydrogen-bond acceptors (Lipinski definition) is 4. The van der Waals surface area contributed by atoms with Crippen LogP contribution in [0.1, 0.15) is 11.1 Å². The first-order valence-electron chi connectivity index (χ1n) is 7.75. The molecule has 0 spiro atoms. The van der Waals surface area contributed by atoms with Gasteiger partial charge in [-0.15, -0.1) is 5.10 Å². The van der Waals surface area contributed by atoms with E-state index in [1.54, 1.807) is 6.07 Å². The normalized spacial score (nSPS) is 10.6. The van der Waals surface area contributed by atoms with Gasteiger partial charge in [-0.3, -0.25) is 9.78 Å². The molecule has 2 aromatic carbocycles. The van der Waals surface area contributed by atoms with Gasteiger partial charge in [0, 0.05) is 5.02 Å². The number of nitrogens with one attached hydrogen (secondary N) is 1. The smallest absolute Gasteiger partial charge is 0.344 e. The van der Waals surface area contributed by atoms with Gasteiger partial charge in [0.25, 0.3) is 5.88 Å². The number of aromatic amines is 1. The molecule has 0 unspecified atom stereocenters. The Hall–Kier alpha value is -2.86. The highest BCUT2D eigenvalue weighted by molar-refractivity contribution is 6.31. The molecule has 1 aromatic heterocycles. The molecule has 3 rings (SSSR count). The van der Waals surface area contributed by atoms with Crippen LogP contribution in [-0.4, -0.2) is 14.8 Å². The van der Waals surface area contributed by atoms with Crippen molar-refractivity contribution < 1.29 is 4.74 Å². The van der Waals surface area contributed by atoms with Crippen LogP contribution in [0.25, 0.3) is 0 Å². The van der Waals surface area contributed by atoms with Crippen molar-refractivity contribution in [3.05, 3.63) is 91.6 Å². The second-order valence-corrected chi connectivity index (χ2v) is 5.81. The summed E-state index contributed by atoms with van der Waals surface area (Å²) in [6, 6.07) is 16.8. The van der Waals surface area contributed by atoms with Crippen LogP contribution < -0.4 is 16.0 Å². The maximum Gasteiger partial charge on any atom is 0.344 e. The first-order chi connectivity index (χ1) is 12.1. The summed E-state index contributed by atoms with van der Waals surface area (Å²) in [6.45, 7) is 0.473. The maximum absolute atomic E-state index is 11.9. The topological polar surface area (TPSA) is 77.0 Å². The molecule has 0 saturated heterocycles. The maximum atomic E-state index is 11.9. The summed E-state index contributed by atoms with van der Waals surface area (Å²) in [5, 5.41) is 4.65. The van der Waals surface area contributed by atoms with Crippen molar-refractivity contribution >= 4 is 11.6 Å². The molecule has 0 aliphatic rings. The largest absolute Gasteiger partial charge is 0.468 e. The summed E-state index contributed by atoms with van der Waals surface area (Å²) in [7, 11) is 0. The third-order valence-electron chi connectivity index (χ3n) is 3.63. The van der Waals surface area contributed by atoms with Gasteiger partial charge in [-0.25, -0.2) is 9.48 Å². The minimum absolute atomic E-state index is 0.136. The van der Waals surface area contributed by atoms with Gasteiger partial charge >= 0.3 is 11.2 Å². The Bertz CT molecular complexity index is 967. The van der Waals surface area contributed by atoms with E-state index < -0.39 is 11.2 Å². The molecule has 0 bridgehead atoms. The Morgan fingerprint density at radius 1 is 1.04 bits per heavy atom.